The highest BCUT2D eigenvalue weighted by Gasteiger charge is 2.17. The van der Waals surface area contributed by atoms with Gasteiger partial charge in [-0.1, -0.05) is 13.0 Å². The molecule has 2 aromatic rings. The van der Waals surface area contributed by atoms with Gasteiger partial charge in [0.05, 0.1) is 18.0 Å². The third kappa shape index (κ3) is 3.51. The van der Waals surface area contributed by atoms with Gasteiger partial charge in [0.2, 0.25) is 5.91 Å². The number of anilines is 1. The number of nitrogens with zero attached hydrogens (tertiary/aromatic N) is 2. The fourth-order valence-corrected chi connectivity index (χ4v) is 3.58. The average molecular weight is 347 g/mol. The molecule has 1 aromatic carbocycles. The second kappa shape index (κ2) is 6.39. The molecule has 0 spiro atoms. The predicted molar refractivity (Wildman–Crippen MR) is 93.7 cm³/mol. The molecule has 3 rings (SSSR count). The number of benzene rings is 1. The molecule has 7 heteroatoms. The molecule has 1 N–H and O–H groups in total. The van der Waals surface area contributed by atoms with Crippen LogP contribution < -0.4 is 5.32 Å². The van der Waals surface area contributed by atoms with Gasteiger partial charge in [-0.05, 0) is 36.6 Å². The summed E-state index contributed by atoms with van der Waals surface area (Å²) >= 11 is 0. The minimum atomic E-state index is -3.00. The van der Waals surface area contributed by atoms with Crippen molar-refractivity contribution in [1.29, 1.82) is 0 Å². The van der Waals surface area contributed by atoms with Gasteiger partial charge in [-0.25, -0.2) is 8.42 Å². The standard InChI is InChI=1S/C17H21N3O3S/c1-3-24(22,23)9-8-20-11-12(2)17(19-20)14-4-6-15-13(10-14)5-7-16(21)18-15/h4,6,10-11H,3,5,7-9H2,1-2H3,(H,18,21). The number of hydrogen-bond acceptors (Lipinski definition) is 4. The molecule has 0 fully saturated rings. The maximum Gasteiger partial charge on any atom is 0.224 e. The van der Waals surface area contributed by atoms with E-state index in [1.54, 1.807) is 11.6 Å². The number of rotatable bonds is 5. The van der Waals surface area contributed by atoms with Crippen molar-refractivity contribution in [2.24, 2.45) is 0 Å². The average Bonchev–Trinajstić information content (AvgIpc) is 2.93. The Morgan fingerprint density at radius 2 is 2.08 bits per heavy atom. The fraction of sp³-hybridized carbons (Fsp3) is 0.412. The molecule has 1 aromatic heterocycles. The van der Waals surface area contributed by atoms with Crippen molar-refractivity contribution in [3.8, 4) is 11.3 Å². The van der Waals surface area contributed by atoms with Gasteiger partial charge in [-0.2, -0.15) is 5.10 Å². The van der Waals surface area contributed by atoms with Gasteiger partial charge in [0.1, 0.15) is 0 Å². The highest BCUT2D eigenvalue weighted by molar-refractivity contribution is 7.91. The van der Waals surface area contributed by atoms with Crippen LogP contribution in [0, 0.1) is 6.92 Å². The van der Waals surface area contributed by atoms with Crippen molar-refractivity contribution in [2.75, 3.05) is 16.8 Å². The Kier molecular flexibility index (Phi) is 4.45. The minimum Gasteiger partial charge on any atom is -0.326 e. The molecule has 1 amide bonds. The second-order valence-electron chi connectivity index (χ2n) is 6.08. The van der Waals surface area contributed by atoms with Crippen LogP contribution >= 0.6 is 0 Å². The van der Waals surface area contributed by atoms with Crippen LogP contribution in [0.1, 0.15) is 24.5 Å². The molecule has 0 unspecified atom stereocenters. The van der Waals surface area contributed by atoms with Gasteiger partial charge in [0.15, 0.2) is 9.84 Å². The van der Waals surface area contributed by atoms with Crippen molar-refractivity contribution >= 4 is 21.4 Å². The number of aromatic nitrogens is 2. The summed E-state index contributed by atoms with van der Waals surface area (Å²) in [5, 5.41) is 7.42. The van der Waals surface area contributed by atoms with Crippen molar-refractivity contribution in [3.63, 3.8) is 0 Å². The lowest BCUT2D eigenvalue weighted by Gasteiger charge is -2.17. The Bertz CT molecular complexity index is 884. The third-order valence-corrected chi connectivity index (χ3v) is 5.97. The third-order valence-electron chi connectivity index (χ3n) is 4.29. The van der Waals surface area contributed by atoms with E-state index in [0.717, 1.165) is 34.5 Å². The molecule has 0 saturated heterocycles. The zero-order valence-corrected chi connectivity index (χ0v) is 14.7. The summed E-state index contributed by atoms with van der Waals surface area (Å²) in [4.78, 5) is 11.4. The molecule has 1 aliphatic heterocycles. The van der Waals surface area contributed by atoms with E-state index >= 15 is 0 Å². The summed E-state index contributed by atoms with van der Waals surface area (Å²) in [5.41, 5.74) is 4.81. The van der Waals surface area contributed by atoms with E-state index in [1.165, 1.54) is 0 Å². The Balaban J connectivity index is 1.84. The maximum atomic E-state index is 11.6. The molecule has 0 radical (unpaired) electrons. The van der Waals surface area contributed by atoms with Gasteiger partial charge in [-0.3, -0.25) is 9.48 Å². The SMILES string of the molecule is CCS(=O)(=O)CCn1cc(C)c(-c2ccc3c(c2)CCC(=O)N3)n1. The molecule has 0 atom stereocenters. The van der Waals surface area contributed by atoms with E-state index in [1.807, 2.05) is 25.3 Å². The van der Waals surface area contributed by atoms with Crippen molar-refractivity contribution in [3.05, 3.63) is 35.5 Å². The Labute approximate surface area is 141 Å². The molecule has 128 valence electrons. The normalized spacial score (nSPS) is 14.3. The lowest BCUT2D eigenvalue weighted by molar-refractivity contribution is -0.116. The number of carbonyl (C=O) groups excluding carboxylic acids is 1. The fourth-order valence-electron chi connectivity index (χ4n) is 2.83. The van der Waals surface area contributed by atoms with E-state index in [2.05, 4.69) is 16.5 Å². The quantitative estimate of drug-likeness (QED) is 0.899. The van der Waals surface area contributed by atoms with Gasteiger partial charge in [0, 0.05) is 29.6 Å². The molecule has 24 heavy (non-hydrogen) atoms. The first kappa shape index (κ1) is 16.7. The van der Waals surface area contributed by atoms with Gasteiger partial charge < -0.3 is 5.32 Å². The largest absolute Gasteiger partial charge is 0.326 e. The van der Waals surface area contributed by atoms with Gasteiger partial charge >= 0.3 is 0 Å². The Hall–Kier alpha value is -2.15. The molecule has 0 aliphatic carbocycles. The van der Waals surface area contributed by atoms with E-state index in [4.69, 9.17) is 0 Å². The molecule has 6 nitrogen and oxygen atoms in total. The number of sulfone groups is 1. The van der Waals surface area contributed by atoms with Gasteiger partial charge in [0.25, 0.3) is 0 Å². The van der Waals surface area contributed by atoms with E-state index in [0.29, 0.717) is 13.0 Å². The zero-order chi connectivity index (χ0) is 17.3. The predicted octanol–water partition coefficient (Wildman–Crippen LogP) is 2.18. The van der Waals surface area contributed by atoms with E-state index in [9.17, 15) is 13.2 Å². The number of carbonyl (C=O) groups is 1. The lowest BCUT2D eigenvalue weighted by atomic mass is 9.98. The maximum absolute atomic E-state index is 11.6. The highest BCUT2D eigenvalue weighted by Crippen LogP contribution is 2.29. The summed E-state index contributed by atoms with van der Waals surface area (Å²) < 4.78 is 25.0. The van der Waals surface area contributed by atoms with Crippen LogP contribution in [-0.2, 0) is 27.6 Å². The summed E-state index contributed by atoms with van der Waals surface area (Å²) in [7, 11) is -3.00. The van der Waals surface area contributed by atoms with Crippen LogP contribution in [0.2, 0.25) is 0 Å². The van der Waals surface area contributed by atoms with Crippen LogP contribution in [0.25, 0.3) is 11.3 Å². The lowest BCUT2D eigenvalue weighted by Crippen LogP contribution is -2.18. The summed E-state index contributed by atoms with van der Waals surface area (Å²) in [5.74, 6) is 0.296. The number of fused-ring (bicyclic) bond motifs is 1. The second-order valence-corrected chi connectivity index (χ2v) is 8.55. The Morgan fingerprint density at radius 1 is 1.29 bits per heavy atom. The number of aryl methyl sites for hydroxylation is 3. The molecule has 0 bridgehead atoms. The topological polar surface area (TPSA) is 81.1 Å². The van der Waals surface area contributed by atoms with E-state index in [-0.39, 0.29) is 17.4 Å². The van der Waals surface area contributed by atoms with E-state index < -0.39 is 9.84 Å². The zero-order valence-electron chi connectivity index (χ0n) is 13.9. The Morgan fingerprint density at radius 3 is 2.83 bits per heavy atom. The van der Waals surface area contributed by atoms with Crippen molar-refractivity contribution in [1.82, 2.24) is 9.78 Å². The number of amides is 1. The minimum absolute atomic E-state index is 0.0489. The molecular weight excluding hydrogens is 326 g/mol. The number of nitrogens with one attached hydrogen (secondary N) is 1. The van der Waals surface area contributed by atoms with Crippen LogP contribution in [-0.4, -0.2) is 35.6 Å². The first-order valence-electron chi connectivity index (χ1n) is 8.05. The summed E-state index contributed by atoms with van der Waals surface area (Å²) in [6, 6.07) is 5.89. The molecular formula is C17H21N3O3S. The van der Waals surface area contributed by atoms with Crippen LogP contribution in [0.5, 0.6) is 0 Å². The molecule has 1 aliphatic rings. The van der Waals surface area contributed by atoms with Crippen LogP contribution in [0.15, 0.2) is 24.4 Å². The number of hydrogen-bond donors (Lipinski definition) is 1. The first-order chi connectivity index (χ1) is 11.4. The van der Waals surface area contributed by atoms with Crippen molar-refractivity contribution < 1.29 is 13.2 Å². The summed E-state index contributed by atoms with van der Waals surface area (Å²) in [6.07, 6.45) is 3.10. The molecule has 0 saturated carbocycles. The summed E-state index contributed by atoms with van der Waals surface area (Å²) in [6.45, 7) is 3.98. The van der Waals surface area contributed by atoms with Crippen molar-refractivity contribution in [2.45, 2.75) is 33.2 Å². The molecule has 2 heterocycles. The monoisotopic (exact) mass is 347 g/mol. The van der Waals surface area contributed by atoms with Gasteiger partial charge in [-0.15, -0.1) is 0 Å². The smallest absolute Gasteiger partial charge is 0.224 e. The van der Waals surface area contributed by atoms with Crippen LogP contribution in [0.4, 0.5) is 5.69 Å². The van der Waals surface area contributed by atoms with Crippen LogP contribution in [0.3, 0.4) is 0 Å². The first-order valence-corrected chi connectivity index (χ1v) is 9.88. The highest BCUT2D eigenvalue weighted by atomic mass is 32.2.